The van der Waals surface area contributed by atoms with Gasteiger partial charge in [-0.05, 0) is 69.7 Å². The van der Waals surface area contributed by atoms with Crippen molar-refractivity contribution >= 4 is 46.4 Å². The largest absolute Gasteiger partial charge is 0.491 e. The normalized spacial score (nSPS) is 22.4. The van der Waals surface area contributed by atoms with E-state index >= 15 is 0 Å². The van der Waals surface area contributed by atoms with Gasteiger partial charge in [0, 0.05) is 71.7 Å². The Balaban J connectivity index is 0.673. The fourth-order valence-corrected chi connectivity index (χ4v) is 12.5. The predicted octanol–water partition coefficient (Wildman–Crippen LogP) is 6.79. The number of halogens is 2. The summed E-state index contributed by atoms with van der Waals surface area (Å²) >= 11 is 1.37. The molecule has 3 aromatic heterocycles. The third-order valence-corrected chi connectivity index (χ3v) is 17.1. The van der Waals surface area contributed by atoms with Crippen LogP contribution in [0.25, 0.3) is 0 Å². The van der Waals surface area contributed by atoms with Crippen LogP contribution in [-0.2, 0) is 32.0 Å². The van der Waals surface area contributed by atoms with Crippen molar-refractivity contribution in [2.45, 2.75) is 108 Å². The summed E-state index contributed by atoms with van der Waals surface area (Å²) in [7, 11) is 1.73. The summed E-state index contributed by atoms with van der Waals surface area (Å²) in [6, 6.07) is 15.2. The van der Waals surface area contributed by atoms with Crippen LogP contribution in [0.2, 0.25) is 0 Å². The third kappa shape index (κ3) is 10.2. The summed E-state index contributed by atoms with van der Waals surface area (Å²) in [5.41, 5.74) is 2.30. The van der Waals surface area contributed by atoms with Gasteiger partial charge in [-0.3, -0.25) is 33.8 Å². The van der Waals surface area contributed by atoms with Gasteiger partial charge in [0.15, 0.2) is 5.69 Å². The monoisotopic (exact) mass is 1030 g/mol. The zero-order chi connectivity index (χ0) is 51.7. The molecule has 4 fully saturated rings. The van der Waals surface area contributed by atoms with Crippen molar-refractivity contribution in [3.8, 4) is 5.75 Å². The molecule has 3 unspecified atom stereocenters. The number of thiazole rings is 1. The molecule has 2 aliphatic heterocycles. The lowest BCUT2D eigenvalue weighted by Gasteiger charge is -2.43. The van der Waals surface area contributed by atoms with Gasteiger partial charge in [0.25, 0.3) is 11.8 Å². The Hall–Kier alpha value is -6.38. The van der Waals surface area contributed by atoms with Gasteiger partial charge in [0.05, 0.1) is 49.6 Å². The van der Waals surface area contributed by atoms with Gasteiger partial charge < -0.3 is 35.2 Å². The number of carbonyl (C=O) groups excluding carboxylic acids is 5. The smallest absolute Gasteiger partial charge is 0.276 e. The minimum Gasteiger partial charge on any atom is -0.491 e. The Morgan fingerprint density at radius 2 is 1.76 bits per heavy atom. The number of aromatic nitrogens is 5. The lowest BCUT2D eigenvalue weighted by molar-refractivity contribution is -0.140. The van der Waals surface area contributed by atoms with E-state index in [0.717, 1.165) is 50.5 Å². The molecular weight excluding hydrogens is 971 g/mol. The topological polar surface area (TPSA) is 206 Å². The number of nitrogens with one attached hydrogen (secondary N) is 4. The molecule has 10 rings (SSSR count). The van der Waals surface area contributed by atoms with E-state index in [9.17, 15) is 32.8 Å². The van der Waals surface area contributed by atoms with Crippen molar-refractivity contribution in [2.75, 3.05) is 51.8 Å². The Morgan fingerprint density at radius 3 is 2.54 bits per heavy atom. The maximum absolute atomic E-state index is 14.5. The highest BCUT2D eigenvalue weighted by molar-refractivity contribution is 7.10. The average molecular weight is 1040 g/mol. The molecule has 392 valence electrons. The maximum Gasteiger partial charge on any atom is 0.276 e. The van der Waals surface area contributed by atoms with Gasteiger partial charge >= 0.3 is 0 Å². The number of H-pyrrole nitrogens is 1. The highest BCUT2D eigenvalue weighted by Gasteiger charge is 2.78. The number of hydrogen-bond acceptors (Lipinski definition) is 12. The molecule has 5 heterocycles. The SMILES string of the molecule is CNC(C)C(=O)NC(C(=O)N1CCCC1c1nc(C(=O)c2cccc(OCCOCCC(=O)N3CC([C@@H](c4ccccc4)n4cc(NC(=O)c5n[nH]c6c5C[C@@H]5C(F)(F)[C@]5(C)C6)cn4)C3)c2)cs1)C1CCCCC1. The summed E-state index contributed by atoms with van der Waals surface area (Å²) in [4.78, 5) is 76.0. The van der Waals surface area contributed by atoms with E-state index < -0.39 is 35.2 Å². The van der Waals surface area contributed by atoms with Crippen molar-refractivity contribution in [1.29, 1.82) is 0 Å². The van der Waals surface area contributed by atoms with Crippen molar-refractivity contribution in [2.24, 2.45) is 23.2 Å². The molecule has 2 aromatic carbocycles. The van der Waals surface area contributed by atoms with E-state index in [1.54, 1.807) is 72.5 Å². The van der Waals surface area contributed by atoms with Crippen LogP contribution < -0.4 is 20.7 Å². The number of nitrogens with zero attached hydrogens (tertiary/aromatic N) is 6. The molecule has 17 nitrogen and oxygen atoms in total. The Labute approximate surface area is 432 Å². The highest BCUT2D eigenvalue weighted by atomic mass is 32.1. The summed E-state index contributed by atoms with van der Waals surface area (Å²) < 4.78 is 42.6. The summed E-state index contributed by atoms with van der Waals surface area (Å²) in [6.45, 7) is 5.57. The minimum atomic E-state index is -2.77. The minimum absolute atomic E-state index is 0.0374. The molecule has 0 spiro atoms. The van der Waals surface area contributed by atoms with Crippen LogP contribution in [0.4, 0.5) is 14.5 Å². The number of anilines is 1. The van der Waals surface area contributed by atoms with E-state index in [2.05, 4.69) is 31.2 Å². The van der Waals surface area contributed by atoms with E-state index in [0.29, 0.717) is 58.6 Å². The second kappa shape index (κ2) is 21.5. The van der Waals surface area contributed by atoms with Crippen LogP contribution in [0.15, 0.2) is 72.4 Å². The molecular formula is C54H64F2N10O7S. The number of carbonyl (C=O) groups is 5. The molecule has 5 aliphatic rings. The maximum atomic E-state index is 14.5. The van der Waals surface area contributed by atoms with Crippen molar-refractivity contribution in [1.82, 2.24) is 45.4 Å². The Bertz CT molecular complexity index is 2860. The molecule has 0 bridgehead atoms. The first-order valence-corrected chi connectivity index (χ1v) is 26.8. The van der Waals surface area contributed by atoms with E-state index in [4.69, 9.17) is 14.5 Å². The van der Waals surface area contributed by atoms with Crippen LogP contribution in [0.1, 0.15) is 126 Å². The number of aromatic amines is 1. The van der Waals surface area contributed by atoms with Crippen molar-refractivity contribution in [3.63, 3.8) is 0 Å². The van der Waals surface area contributed by atoms with Gasteiger partial charge in [0.2, 0.25) is 23.5 Å². The second-order valence-electron chi connectivity index (χ2n) is 20.8. The van der Waals surface area contributed by atoms with Crippen LogP contribution in [0.5, 0.6) is 5.75 Å². The number of amides is 4. The molecule has 20 heteroatoms. The lowest BCUT2D eigenvalue weighted by atomic mass is 9.83. The van der Waals surface area contributed by atoms with E-state index in [1.807, 2.05) is 35.2 Å². The first kappa shape index (κ1) is 51.1. The van der Waals surface area contributed by atoms with Gasteiger partial charge in [0.1, 0.15) is 29.1 Å². The number of ether oxygens (including phenoxy) is 2. The molecule has 4 N–H and O–H groups in total. The summed E-state index contributed by atoms with van der Waals surface area (Å²) in [6.07, 6.45) is 10.3. The average Bonchev–Trinajstić information content (AvgIpc) is 4.18. The first-order valence-electron chi connectivity index (χ1n) is 25.9. The molecule has 4 amide bonds. The fourth-order valence-electron chi connectivity index (χ4n) is 11.5. The predicted molar refractivity (Wildman–Crippen MR) is 271 cm³/mol. The number of likely N-dealkylation sites (N-methyl/N-ethyl adjacent to an activating group) is 1. The van der Waals surface area contributed by atoms with Crippen molar-refractivity contribution in [3.05, 3.63) is 111 Å². The lowest BCUT2D eigenvalue weighted by Crippen LogP contribution is -2.55. The Kier molecular flexibility index (Phi) is 14.8. The molecule has 74 heavy (non-hydrogen) atoms. The van der Waals surface area contributed by atoms with E-state index in [1.165, 1.54) is 11.3 Å². The van der Waals surface area contributed by atoms with Gasteiger partial charge in [-0.2, -0.15) is 10.2 Å². The standard InChI is InChI=1S/C54H64F2N10O7S/c1-32(57-3)49(69)61-45(33-12-6-4-7-13-33)52(71)65-20-11-18-42(65)51-60-41(31-74-51)48(68)35-16-10-17-38(24-35)73-23-22-72-21-19-44(67)64-28-36(29-64)47(34-14-8-5-9-15-34)66-30-37(27-58-66)59-50(70)46-39-25-43-53(2,54(43,55)56)26-40(39)62-63-46/h5,8-10,14-17,24,27,30-33,36,42-43,45,47,57H,4,6-7,11-13,18-23,25-26,28-29H2,1-3H3,(H,59,70)(H,61,69)(H,62,63)/t32?,42?,43-,45?,47+,53+/m0/s1. The molecule has 5 aromatic rings. The second-order valence-corrected chi connectivity index (χ2v) is 21.7. The molecule has 6 atom stereocenters. The number of benzene rings is 2. The number of hydrogen-bond donors (Lipinski definition) is 4. The molecule has 2 saturated heterocycles. The van der Waals surface area contributed by atoms with Gasteiger partial charge in [-0.25, -0.2) is 13.8 Å². The first-order chi connectivity index (χ1) is 35.7. The van der Waals surface area contributed by atoms with Crippen LogP contribution >= 0.6 is 11.3 Å². The molecule has 0 radical (unpaired) electrons. The fraction of sp³-hybridized carbons (Fsp3) is 0.519. The highest BCUT2D eigenvalue weighted by Crippen LogP contribution is 2.70. The van der Waals surface area contributed by atoms with Crippen LogP contribution in [0.3, 0.4) is 0 Å². The van der Waals surface area contributed by atoms with Crippen LogP contribution in [-0.4, -0.2) is 129 Å². The quantitative estimate of drug-likeness (QED) is 0.0472. The van der Waals surface area contributed by atoms with Gasteiger partial charge in [-0.1, -0.05) is 68.7 Å². The molecule has 2 saturated carbocycles. The number of rotatable bonds is 20. The number of likely N-dealkylation sites (tertiary alicyclic amines) is 2. The van der Waals surface area contributed by atoms with Crippen LogP contribution in [0, 0.1) is 23.2 Å². The van der Waals surface area contributed by atoms with Crippen molar-refractivity contribution < 1.29 is 42.2 Å². The number of ketones is 1. The molecule has 3 aliphatic carbocycles. The Morgan fingerprint density at radius 1 is 0.959 bits per heavy atom. The zero-order valence-corrected chi connectivity index (χ0v) is 42.8. The number of fused-ring (bicyclic) bond motifs is 2. The van der Waals surface area contributed by atoms with Gasteiger partial charge in [-0.15, -0.1) is 11.3 Å². The summed E-state index contributed by atoms with van der Waals surface area (Å²) in [5, 5.41) is 23.0. The number of alkyl halides is 2. The zero-order valence-electron chi connectivity index (χ0n) is 42.0. The summed E-state index contributed by atoms with van der Waals surface area (Å²) in [5.74, 6) is -4.01. The third-order valence-electron chi connectivity index (χ3n) is 16.1. The van der Waals surface area contributed by atoms with E-state index in [-0.39, 0.29) is 92.2 Å².